The molecule has 0 radical (unpaired) electrons. The second-order valence-corrected chi connectivity index (χ2v) is 7.25. The van der Waals surface area contributed by atoms with E-state index in [1.165, 1.54) is 24.3 Å². The summed E-state index contributed by atoms with van der Waals surface area (Å²) in [6.45, 7) is 4.94. The highest BCUT2D eigenvalue weighted by Crippen LogP contribution is 2.22. The van der Waals surface area contributed by atoms with Crippen LogP contribution in [-0.4, -0.2) is 35.9 Å². The first-order valence-electron chi connectivity index (χ1n) is 9.55. The summed E-state index contributed by atoms with van der Waals surface area (Å²) in [5, 5.41) is 2.93. The molecule has 6 heteroatoms. The molecule has 0 atom stereocenters. The van der Waals surface area contributed by atoms with E-state index >= 15 is 0 Å². The van der Waals surface area contributed by atoms with Crippen LogP contribution < -0.4 is 10.1 Å². The molecule has 1 saturated heterocycles. The summed E-state index contributed by atoms with van der Waals surface area (Å²) >= 11 is 0. The van der Waals surface area contributed by atoms with Crippen molar-refractivity contribution < 1.29 is 18.7 Å². The molecule has 1 N–H and O–H groups in total. The highest BCUT2D eigenvalue weighted by Gasteiger charge is 2.27. The van der Waals surface area contributed by atoms with Crippen molar-refractivity contribution in [2.75, 3.05) is 18.4 Å². The number of carbonyl (C=O) groups excluding carboxylic acids is 2. The minimum atomic E-state index is -0.365. The fraction of sp³-hybridized carbons (Fsp3) is 0.364. The van der Waals surface area contributed by atoms with Crippen molar-refractivity contribution in [2.45, 2.75) is 32.8 Å². The topological polar surface area (TPSA) is 58.6 Å². The molecular weight excluding hydrogens is 359 g/mol. The number of amides is 2. The summed E-state index contributed by atoms with van der Waals surface area (Å²) < 4.78 is 18.6. The largest absolute Gasteiger partial charge is 0.491 e. The lowest BCUT2D eigenvalue weighted by molar-refractivity contribution is -0.121. The molecule has 1 aliphatic heterocycles. The molecule has 2 amide bonds. The Hall–Kier alpha value is -2.89. The van der Waals surface area contributed by atoms with Crippen molar-refractivity contribution in [1.82, 2.24) is 4.90 Å². The van der Waals surface area contributed by atoms with Gasteiger partial charge < -0.3 is 15.0 Å². The number of halogens is 1. The zero-order valence-electron chi connectivity index (χ0n) is 16.2. The number of nitrogens with one attached hydrogen (secondary N) is 1. The second kappa shape index (κ2) is 8.87. The minimum absolute atomic E-state index is 0.0357. The molecule has 0 spiro atoms. The highest BCUT2D eigenvalue weighted by atomic mass is 19.1. The predicted octanol–water partition coefficient (Wildman–Crippen LogP) is 4.10. The molecule has 2 aromatic rings. The molecule has 148 valence electrons. The van der Waals surface area contributed by atoms with Crippen molar-refractivity contribution >= 4 is 17.5 Å². The third kappa shape index (κ3) is 5.09. The van der Waals surface area contributed by atoms with Crippen molar-refractivity contribution in [3.8, 4) is 5.75 Å². The number of hydrogen-bond donors (Lipinski definition) is 1. The van der Waals surface area contributed by atoms with Crippen LogP contribution in [-0.2, 0) is 4.79 Å². The van der Waals surface area contributed by atoms with E-state index < -0.39 is 0 Å². The molecule has 5 nitrogen and oxygen atoms in total. The van der Waals surface area contributed by atoms with E-state index in [4.69, 9.17) is 4.74 Å². The van der Waals surface area contributed by atoms with Crippen LogP contribution in [0.1, 0.15) is 37.0 Å². The van der Waals surface area contributed by atoms with Crippen LogP contribution in [0.4, 0.5) is 10.1 Å². The van der Waals surface area contributed by atoms with Gasteiger partial charge in [-0.05, 0) is 75.2 Å². The summed E-state index contributed by atoms with van der Waals surface area (Å²) in [4.78, 5) is 26.7. The van der Waals surface area contributed by atoms with Crippen molar-refractivity contribution in [1.29, 1.82) is 0 Å². The summed E-state index contributed by atoms with van der Waals surface area (Å²) in [5.74, 6) is 0.103. The number of anilines is 1. The van der Waals surface area contributed by atoms with E-state index in [1.807, 2.05) is 38.1 Å². The number of nitrogens with zero attached hydrogens (tertiary/aromatic N) is 1. The molecular formula is C22H25FN2O3. The molecule has 1 aliphatic rings. The Morgan fingerprint density at radius 1 is 1.04 bits per heavy atom. The lowest BCUT2D eigenvalue weighted by Gasteiger charge is -2.31. The van der Waals surface area contributed by atoms with Crippen LogP contribution in [0.5, 0.6) is 5.75 Å². The minimum Gasteiger partial charge on any atom is -0.491 e. The highest BCUT2D eigenvalue weighted by molar-refractivity contribution is 5.95. The molecule has 1 fully saturated rings. The molecule has 0 saturated carbocycles. The van der Waals surface area contributed by atoms with E-state index in [0.29, 0.717) is 31.5 Å². The Morgan fingerprint density at radius 3 is 2.21 bits per heavy atom. The van der Waals surface area contributed by atoms with Gasteiger partial charge in [0.25, 0.3) is 5.91 Å². The summed E-state index contributed by atoms with van der Waals surface area (Å²) in [7, 11) is 0. The Bertz CT molecular complexity index is 811. The van der Waals surface area contributed by atoms with Crippen molar-refractivity contribution in [3.63, 3.8) is 0 Å². The van der Waals surface area contributed by atoms with Crippen LogP contribution in [0.2, 0.25) is 0 Å². The van der Waals surface area contributed by atoms with Gasteiger partial charge >= 0.3 is 0 Å². The smallest absolute Gasteiger partial charge is 0.253 e. The van der Waals surface area contributed by atoms with E-state index in [2.05, 4.69) is 5.32 Å². The van der Waals surface area contributed by atoms with Crippen molar-refractivity contribution in [2.24, 2.45) is 5.92 Å². The average Bonchev–Trinajstić information content (AvgIpc) is 2.69. The Kier molecular flexibility index (Phi) is 6.29. The van der Waals surface area contributed by atoms with Gasteiger partial charge in [-0.25, -0.2) is 4.39 Å². The van der Waals surface area contributed by atoms with Gasteiger partial charge in [0.2, 0.25) is 5.91 Å². The fourth-order valence-electron chi connectivity index (χ4n) is 3.25. The number of likely N-dealkylation sites (tertiary alicyclic amines) is 1. The van der Waals surface area contributed by atoms with Gasteiger partial charge in [0, 0.05) is 30.3 Å². The molecule has 1 heterocycles. The Balaban J connectivity index is 1.50. The van der Waals surface area contributed by atoms with Crippen LogP contribution in [0.25, 0.3) is 0 Å². The SMILES string of the molecule is CC(C)Oc1ccc(NC(=O)C2CCN(C(=O)c3ccc(F)cc3)CC2)cc1. The predicted molar refractivity (Wildman–Crippen MR) is 106 cm³/mol. The van der Waals surface area contributed by atoms with Gasteiger partial charge in [0.15, 0.2) is 0 Å². The van der Waals surface area contributed by atoms with Gasteiger partial charge in [0.1, 0.15) is 11.6 Å². The number of hydrogen-bond acceptors (Lipinski definition) is 3. The molecule has 0 bridgehead atoms. The molecule has 2 aromatic carbocycles. The van der Waals surface area contributed by atoms with E-state index in [1.54, 1.807) is 4.90 Å². The van der Waals surface area contributed by atoms with E-state index in [0.717, 1.165) is 11.4 Å². The van der Waals surface area contributed by atoms with Crippen LogP contribution in [0.15, 0.2) is 48.5 Å². The zero-order chi connectivity index (χ0) is 20.1. The molecule has 3 rings (SSSR count). The van der Waals surface area contributed by atoms with Crippen LogP contribution >= 0.6 is 0 Å². The first kappa shape index (κ1) is 19.9. The maximum Gasteiger partial charge on any atom is 0.253 e. The standard InChI is InChI=1S/C22H25FN2O3/c1-15(2)28-20-9-7-19(8-10-20)24-21(26)16-11-13-25(14-12-16)22(27)17-3-5-18(23)6-4-17/h3-10,15-16H,11-14H2,1-2H3,(H,24,26). The Labute approximate surface area is 164 Å². The van der Waals surface area contributed by atoms with Crippen molar-refractivity contribution in [3.05, 3.63) is 59.9 Å². The molecule has 28 heavy (non-hydrogen) atoms. The fourth-order valence-corrected chi connectivity index (χ4v) is 3.25. The van der Waals surface area contributed by atoms with Gasteiger partial charge in [-0.15, -0.1) is 0 Å². The average molecular weight is 384 g/mol. The quantitative estimate of drug-likeness (QED) is 0.844. The maximum absolute atomic E-state index is 13.0. The van der Waals surface area contributed by atoms with Gasteiger partial charge in [-0.3, -0.25) is 9.59 Å². The Morgan fingerprint density at radius 2 is 1.64 bits per heavy atom. The van der Waals surface area contributed by atoms with Gasteiger partial charge in [0.05, 0.1) is 6.10 Å². The number of rotatable bonds is 5. The van der Waals surface area contributed by atoms with Gasteiger partial charge in [-0.2, -0.15) is 0 Å². The number of piperidine rings is 1. The van der Waals surface area contributed by atoms with E-state index in [9.17, 15) is 14.0 Å². The zero-order valence-corrected chi connectivity index (χ0v) is 16.2. The summed E-state index contributed by atoms with van der Waals surface area (Å²) in [6, 6.07) is 12.9. The second-order valence-electron chi connectivity index (χ2n) is 7.25. The lowest BCUT2D eigenvalue weighted by Crippen LogP contribution is -2.41. The third-order valence-electron chi connectivity index (χ3n) is 4.74. The van der Waals surface area contributed by atoms with Gasteiger partial charge in [-0.1, -0.05) is 0 Å². The normalized spacial score (nSPS) is 14.8. The lowest BCUT2D eigenvalue weighted by atomic mass is 9.95. The molecule has 0 aliphatic carbocycles. The maximum atomic E-state index is 13.0. The van der Waals surface area contributed by atoms with E-state index in [-0.39, 0.29) is 29.7 Å². The summed E-state index contributed by atoms with van der Waals surface area (Å²) in [5.41, 5.74) is 1.19. The molecule has 0 unspecified atom stereocenters. The summed E-state index contributed by atoms with van der Waals surface area (Å²) in [6.07, 6.45) is 1.31. The van der Waals surface area contributed by atoms with Crippen LogP contribution in [0, 0.1) is 11.7 Å². The third-order valence-corrected chi connectivity index (χ3v) is 4.74. The number of carbonyl (C=O) groups is 2. The number of ether oxygens (including phenoxy) is 1. The first-order chi connectivity index (χ1) is 13.4. The number of benzene rings is 2. The first-order valence-corrected chi connectivity index (χ1v) is 9.55. The molecule has 0 aromatic heterocycles. The van der Waals surface area contributed by atoms with Crippen LogP contribution in [0.3, 0.4) is 0 Å². The monoisotopic (exact) mass is 384 g/mol.